The molecule has 1 heteroatoms. The molecule has 1 atom stereocenters. The average molecular weight is 164 g/mol. The van der Waals surface area contributed by atoms with Crippen molar-refractivity contribution in [1.29, 1.82) is 0 Å². The molecule has 1 nitrogen and oxygen atoms in total. The summed E-state index contributed by atoms with van der Waals surface area (Å²) in [6.07, 6.45) is 1.11. The molecule has 0 saturated heterocycles. The third kappa shape index (κ3) is 1.86. The SMILES string of the molecule is CC[C@@H]([NH3+])c1ccc(C)cc1C. The van der Waals surface area contributed by atoms with Gasteiger partial charge in [-0.05, 0) is 19.4 Å². The number of benzene rings is 1. The van der Waals surface area contributed by atoms with Crippen molar-refractivity contribution in [2.24, 2.45) is 0 Å². The van der Waals surface area contributed by atoms with E-state index < -0.39 is 0 Å². The minimum Gasteiger partial charge on any atom is -0.351 e. The Kier molecular flexibility index (Phi) is 2.88. The van der Waals surface area contributed by atoms with Crippen molar-refractivity contribution in [3.8, 4) is 0 Å². The molecule has 1 aromatic carbocycles. The predicted octanol–water partition coefficient (Wildman–Crippen LogP) is 2.00. The van der Waals surface area contributed by atoms with Gasteiger partial charge in [-0.25, -0.2) is 0 Å². The quantitative estimate of drug-likeness (QED) is 0.692. The van der Waals surface area contributed by atoms with Crippen LogP contribution in [0.4, 0.5) is 0 Å². The topological polar surface area (TPSA) is 27.6 Å². The molecule has 1 rings (SSSR count). The van der Waals surface area contributed by atoms with Crippen molar-refractivity contribution in [1.82, 2.24) is 0 Å². The Bertz CT molecular complexity index is 266. The highest BCUT2D eigenvalue weighted by atomic mass is 14.6. The van der Waals surface area contributed by atoms with Crippen LogP contribution in [0.15, 0.2) is 18.2 Å². The van der Waals surface area contributed by atoms with Crippen molar-refractivity contribution in [2.45, 2.75) is 33.2 Å². The van der Waals surface area contributed by atoms with Gasteiger partial charge in [0.1, 0.15) is 6.04 Å². The first kappa shape index (κ1) is 9.27. The van der Waals surface area contributed by atoms with Crippen LogP contribution in [0, 0.1) is 13.8 Å². The maximum absolute atomic E-state index is 4.12. The summed E-state index contributed by atoms with van der Waals surface area (Å²) in [6, 6.07) is 7.04. The lowest BCUT2D eigenvalue weighted by molar-refractivity contribution is -0.427. The van der Waals surface area contributed by atoms with Crippen molar-refractivity contribution in [3.05, 3.63) is 34.9 Å². The molecular formula is C11H18N+. The first-order valence-corrected chi connectivity index (χ1v) is 4.55. The van der Waals surface area contributed by atoms with E-state index in [1.54, 1.807) is 0 Å². The summed E-state index contributed by atoms with van der Waals surface area (Å²) < 4.78 is 0. The zero-order valence-corrected chi connectivity index (χ0v) is 8.22. The van der Waals surface area contributed by atoms with Crippen LogP contribution in [-0.2, 0) is 0 Å². The van der Waals surface area contributed by atoms with Crippen LogP contribution in [0.1, 0.15) is 36.1 Å². The van der Waals surface area contributed by atoms with E-state index in [-0.39, 0.29) is 0 Å². The molecule has 0 saturated carbocycles. The Morgan fingerprint density at radius 1 is 1.33 bits per heavy atom. The van der Waals surface area contributed by atoms with Gasteiger partial charge in [-0.1, -0.05) is 30.7 Å². The standard InChI is InChI=1S/C11H17N/c1-4-11(12)10-6-5-8(2)7-9(10)3/h5-7,11H,4,12H2,1-3H3/p+1/t11-/m1/s1. The van der Waals surface area contributed by atoms with E-state index in [1.165, 1.54) is 16.7 Å². The fraction of sp³-hybridized carbons (Fsp3) is 0.455. The molecule has 0 bridgehead atoms. The number of quaternary nitrogens is 1. The Hall–Kier alpha value is -0.820. The fourth-order valence-corrected chi connectivity index (χ4v) is 1.50. The van der Waals surface area contributed by atoms with Gasteiger partial charge < -0.3 is 5.73 Å². The lowest BCUT2D eigenvalue weighted by atomic mass is 9.98. The van der Waals surface area contributed by atoms with Crippen LogP contribution in [0.5, 0.6) is 0 Å². The lowest BCUT2D eigenvalue weighted by Gasteiger charge is -2.09. The molecule has 3 N–H and O–H groups in total. The lowest BCUT2D eigenvalue weighted by Crippen LogP contribution is -2.53. The van der Waals surface area contributed by atoms with Gasteiger partial charge in [0.05, 0.1) is 0 Å². The monoisotopic (exact) mass is 164 g/mol. The maximum atomic E-state index is 4.12. The summed E-state index contributed by atoms with van der Waals surface area (Å²) in [5.41, 5.74) is 8.21. The first-order valence-electron chi connectivity index (χ1n) is 4.55. The van der Waals surface area contributed by atoms with E-state index in [9.17, 15) is 0 Å². The van der Waals surface area contributed by atoms with Crippen LogP contribution in [0.25, 0.3) is 0 Å². The second-order valence-corrected chi connectivity index (χ2v) is 3.47. The predicted molar refractivity (Wildman–Crippen MR) is 51.8 cm³/mol. The second kappa shape index (κ2) is 3.72. The molecule has 66 valence electrons. The molecule has 0 aliphatic rings. The Balaban J connectivity index is 3.01. The highest BCUT2D eigenvalue weighted by Crippen LogP contribution is 2.17. The van der Waals surface area contributed by atoms with Gasteiger partial charge in [-0.3, -0.25) is 0 Å². The second-order valence-electron chi connectivity index (χ2n) is 3.47. The number of aryl methyl sites for hydroxylation is 2. The first-order chi connectivity index (χ1) is 5.65. The molecular weight excluding hydrogens is 146 g/mol. The Morgan fingerprint density at radius 3 is 2.50 bits per heavy atom. The Morgan fingerprint density at radius 2 is 2.00 bits per heavy atom. The van der Waals surface area contributed by atoms with E-state index in [4.69, 9.17) is 0 Å². The summed E-state index contributed by atoms with van der Waals surface area (Å²) in [7, 11) is 0. The highest BCUT2D eigenvalue weighted by Gasteiger charge is 2.08. The number of hydrogen-bond donors (Lipinski definition) is 1. The highest BCUT2D eigenvalue weighted by molar-refractivity contribution is 5.31. The van der Waals surface area contributed by atoms with Gasteiger partial charge in [0.25, 0.3) is 0 Å². The summed E-state index contributed by atoms with van der Waals surface area (Å²) in [5, 5.41) is 0. The maximum Gasteiger partial charge on any atom is 0.110 e. The Labute approximate surface area is 74.6 Å². The largest absolute Gasteiger partial charge is 0.351 e. The van der Waals surface area contributed by atoms with E-state index in [2.05, 4.69) is 44.7 Å². The van der Waals surface area contributed by atoms with Crippen molar-refractivity contribution in [3.63, 3.8) is 0 Å². The molecule has 0 amide bonds. The minimum atomic E-state index is 0.450. The van der Waals surface area contributed by atoms with Gasteiger partial charge in [-0.2, -0.15) is 0 Å². The minimum absolute atomic E-state index is 0.450. The third-order valence-corrected chi connectivity index (χ3v) is 2.36. The van der Waals surface area contributed by atoms with Crippen LogP contribution in [0.2, 0.25) is 0 Å². The average Bonchev–Trinajstić information content (AvgIpc) is 2.03. The van der Waals surface area contributed by atoms with Crippen LogP contribution < -0.4 is 5.73 Å². The molecule has 0 unspecified atom stereocenters. The van der Waals surface area contributed by atoms with Crippen LogP contribution >= 0.6 is 0 Å². The molecule has 0 fully saturated rings. The molecule has 0 spiro atoms. The van der Waals surface area contributed by atoms with E-state index in [0.717, 1.165) is 6.42 Å². The zero-order chi connectivity index (χ0) is 9.14. The summed E-state index contributed by atoms with van der Waals surface area (Å²) in [6.45, 7) is 6.47. The van der Waals surface area contributed by atoms with Gasteiger partial charge in [0, 0.05) is 12.0 Å². The van der Waals surface area contributed by atoms with Crippen molar-refractivity contribution < 1.29 is 5.73 Å². The van der Waals surface area contributed by atoms with Gasteiger partial charge >= 0.3 is 0 Å². The van der Waals surface area contributed by atoms with Crippen LogP contribution in [0.3, 0.4) is 0 Å². The summed E-state index contributed by atoms with van der Waals surface area (Å²) in [4.78, 5) is 0. The summed E-state index contributed by atoms with van der Waals surface area (Å²) in [5.74, 6) is 0. The molecule has 0 aliphatic carbocycles. The molecule has 0 aliphatic heterocycles. The third-order valence-electron chi connectivity index (χ3n) is 2.36. The fourth-order valence-electron chi connectivity index (χ4n) is 1.50. The number of rotatable bonds is 2. The van der Waals surface area contributed by atoms with Crippen LogP contribution in [-0.4, -0.2) is 0 Å². The van der Waals surface area contributed by atoms with E-state index >= 15 is 0 Å². The van der Waals surface area contributed by atoms with E-state index in [1.807, 2.05) is 0 Å². The molecule has 0 radical (unpaired) electrons. The zero-order valence-electron chi connectivity index (χ0n) is 8.22. The van der Waals surface area contributed by atoms with Gasteiger partial charge in [-0.15, -0.1) is 0 Å². The van der Waals surface area contributed by atoms with Gasteiger partial charge in [0.2, 0.25) is 0 Å². The van der Waals surface area contributed by atoms with Crippen molar-refractivity contribution >= 4 is 0 Å². The summed E-state index contributed by atoms with van der Waals surface area (Å²) >= 11 is 0. The number of hydrogen-bond acceptors (Lipinski definition) is 0. The van der Waals surface area contributed by atoms with E-state index in [0.29, 0.717) is 6.04 Å². The molecule has 0 heterocycles. The molecule has 1 aromatic rings. The van der Waals surface area contributed by atoms with Crippen molar-refractivity contribution in [2.75, 3.05) is 0 Å². The van der Waals surface area contributed by atoms with Gasteiger partial charge in [0.15, 0.2) is 0 Å². The molecule has 0 aromatic heterocycles. The molecule has 12 heavy (non-hydrogen) atoms. The smallest absolute Gasteiger partial charge is 0.110 e. The normalized spacial score (nSPS) is 13.0.